The van der Waals surface area contributed by atoms with E-state index in [9.17, 15) is 8.42 Å². The van der Waals surface area contributed by atoms with Gasteiger partial charge in [0.05, 0.1) is 0 Å². The van der Waals surface area contributed by atoms with Crippen molar-refractivity contribution >= 4 is 15.7 Å². The summed E-state index contributed by atoms with van der Waals surface area (Å²) in [5, 5.41) is 3.12. The molecule has 1 heterocycles. The number of hydrogen-bond acceptors (Lipinski definition) is 5. The van der Waals surface area contributed by atoms with Crippen molar-refractivity contribution in [2.45, 2.75) is 37.1 Å². The molecule has 0 fully saturated rings. The van der Waals surface area contributed by atoms with Gasteiger partial charge in [-0.3, -0.25) is 0 Å². The Hall–Kier alpha value is -1.14. The standard InChI is InChI=1S/C12H21N3O2S/c1-3-4-6-10(9-13)15-12-11(18(2,16)17)7-5-8-14-12/h5,7-8,10H,3-4,6,9,13H2,1-2H3,(H,14,15). The lowest BCUT2D eigenvalue weighted by molar-refractivity contribution is 0.597. The van der Waals surface area contributed by atoms with E-state index >= 15 is 0 Å². The first-order valence-corrected chi connectivity index (χ1v) is 7.99. The maximum Gasteiger partial charge on any atom is 0.179 e. The summed E-state index contributed by atoms with van der Waals surface area (Å²) >= 11 is 0. The summed E-state index contributed by atoms with van der Waals surface area (Å²) in [6.07, 6.45) is 5.80. The first-order chi connectivity index (χ1) is 8.49. The minimum atomic E-state index is -3.27. The van der Waals surface area contributed by atoms with Crippen LogP contribution >= 0.6 is 0 Å². The highest BCUT2D eigenvalue weighted by Crippen LogP contribution is 2.19. The SMILES string of the molecule is CCCCC(CN)Nc1ncccc1S(C)(=O)=O. The molecule has 6 heteroatoms. The van der Waals surface area contributed by atoms with Gasteiger partial charge in [0, 0.05) is 25.0 Å². The summed E-state index contributed by atoms with van der Waals surface area (Å²) < 4.78 is 23.3. The Morgan fingerprint density at radius 2 is 2.22 bits per heavy atom. The molecule has 0 saturated heterocycles. The predicted molar refractivity (Wildman–Crippen MR) is 73.3 cm³/mol. The molecule has 1 atom stereocenters. The van der Waals surface area contributed by atoms with Crippen molar-refractivity contribution in [3.05, 3.63) is 18.3 Å². The van der Waals surface area contributed by atoms with Crippen molar-refractivity contribution in [1.29, 1.82) is 0 Å². The molecule has 1 aromatic heterocycles. The van der Waals surface area contributed by atoms with Gasteiger partial charge in [-0.05, 0) is 18.6 Å². The molecule has 0 aliphatic rings. The summed E-state index contributed by atoms with van der Waals surface area (Å²) in [4.78, 5) is 4.32. The molecule has 0 radical (unpaired) electrons. The lowest BCUT2D eigenvalue weighted by Crippen LogP contribution is -2.29. The van der Waals surface area contributed by atoms with E-state index in [0.29, 0.717) is 12.4 Å². The Morgan fingerprint density at radius 1 is 1.50 bits per heavy atom. The van der Waals surface area contributed by atoms with Gasteiger partial charge in [0.2, 0.25) is 0 Å². The van der Waals surface area contributed by atoms with Crippen LogP contribution in [0.5, 0.6) is 0 Å². The number of anilines is 1. The van der Waals surface area contributed by atoms with Crippen LogP contribution in [-0.4, -0.2) is 32.2 Å². The van der Waals surface area contributed by atoms with Gasteiger partial charge in [0.25, 0.3) is 0 Å². The minimum absolute atomic E-state index is 0.0559. The highest BCUT2D eigenvalue weighted by Gasteiger charge is 2.16. The lowest BCUT2D eigenvalue weighted by Gasteiger charge is -2.18. The van der Waals surface area contributed by atoms with Gasteiger partial charge in [0.1, 0.15) is 10.7 Å². The average molecular weight is 271 g/mol. The van der Waals surface area contributed by atoms with Crippen molar-refractivity contribution in [3.63, 3.8) is 0 Å². The van der Waals surface area contributed by atoms with Crippen molar-refractivity contribution in [3.8, 4) is 0 Å². The summed E-state index contributed by atoms with van der Waals surface area (Å²) in [5.41, 5.74) is 5.68. The maximum atomic E-state index is 11.6. The Bertz CT molecular complexity index is 474. The molecule has 0 aliphatic heterocycles. The number of hydrogen-bond donors (Lipinski definition) is 2. The van der Waals surface area contributed by atoms with Gasteiger partial charge >= 0.3 is 0 Å². The number of aromatic nitrogens is 1. The number of pyridine rings is 1. The van der Waals surface area contributed by atoms with Crippen LogP contribution in [0.1, 0.15) is 26.2 Å². The van der Waals surface area contributed by atoms with E-state index in [2.05, 4.69) is 17.2 Å². The second kappa shape index (κ2) is 6.70. The third kappa shape index (κ3) is 4.27. The molecular weight excluding hydrogens is 250 g/mol. The zero-order valence-corrected chi connectivity index (χ0v) is 11.7. The molecule has 1 aromatic rings. The first kappa shape index (κ1) is 14.9. The largest absolute Gasteiger partial charge is 0.365 e. The second-order valence-electron chi connectivity index (χ2n) is 4.34. The fourth-order valence-corrected chi connectivity index (χ4v) is 2.48. The monoisotopic (exact) mass is 271 g/mol. The first-order valence-electron chi connectivity index (χ1n) is 6.10. The van der Waals surface area contributed by atoms with Crippen LogP contribution < -0.4 is 11.1 Å². The van der Waals surface area contributed by atoms with E-state index in [1.807, 2.05) is 0 Å². The molecule has 1 rings (SSSR count). The molecule has 18 heavy (non-hydrogen) atoms. The van der Waals surface area contributed by atoms with E-state index in [1.165, 1.54) is 6.26 Å². The van der Waals surface area contributed by atoms with E-state index in [0.717, 1.165) is 19.3 Å². The van der Waals surface area contributed by atoms with Gasteiger partial charge in [-0.15, -0.1) is 0 Å². The predicted octanol–water partition coefficient (Wildman–Crippen LogP) is 1.41. The maximum absolute atomic E-state index is 11.6. The molecule has 0 saturated carbocycles. The molecule has 0 spiro atoms. The number of nitrogens with one attached hydrogen (secondary N) is 1. The van der Waals surface area contributed by atoms with E-state index < -0.39 is 9.84 Å². The molecular formula is C12H21N3O2S. The Balaban J connectivity index is 2.89. The van der Waals surface area contributed by atoms with Crippen LogP contribution in [0.4, 0.5) is 5.82 Å². The summed E-state index contributed by atoms with van der Waals surface area (Å²) in [6.45, 7) is 2.57. The van der Waals surface area contributed by atoms with Crippen LogP contribution in [0.2, 0.25) is 0 Å². The second-order valence-corrected chi connectivity index (χ2v) is 6.33. The minimum Gasteiger partial charge on any atom is -0.365 e. The third-order valence-electron chi connectivity index (χ3n) is 2.70. The van der Waals surface area contributed by atoms with E-state index in [-0.39, 0.29) is 10.9 Å². The van der Waals surface area contributed by atoms with E-state index in [4.69, 9.17) is 5.73 Å². The van der Waals surface area contributed by atoms with Crippen molar-refractivity contribution in [2.75, 3.05) is 18.1 Å². The van der Waals surface area contributed by atoms with Crippen molar-refractivity contribution in [1.82, 2.24) is 4.98 Å². The molecule has 3 N–H and O–H groups in total. The van der Waals surface area contributed by atoms with Gasteiger partial charge in [-0.2, -0.15) is 0 Å². The van der Waals surface area contributed by atoms with Crippen LogP contribution in [0.15, 0.2) is 23.2 Å². The summed E-state index contributed by atoms with van der Waals surface area (Å²) in [7, 11) is -3.27. The van der Waals surface area contributed by atoms with Gasteiger partial charge in [-0.25, -0.2) is 13.4 Å². The molecule has 0 aromatic carbocycles. The number of nitrogens with zero attached hydrogens (tertiary/aromatic N) is 1. The quantitative estimate of drug-likeness (QED) is 0.783. The number of unbranched alkanes of at least 4 members (excludes halogenated alkanes) is 1. The van der Waals surface area contributed by atoms with Gasteiger partial charge in [-0.1, -0.05) is 19.8 Å². The van der Waals surface area contributed by atoms with Gasteiger partial charge in [0.15, 0.2) is 9.84 Å². The fraction of sp³-hybridized carbons (Fsp3) is 0.583. The summed E-state index contributed by atoms with van der Waals surface area (Å²) in [6, 6.07) is 3.23. The number of nitrogens with two attached hydrogens (primary N) is 1. The van der Waals surface area contributed by atoms with Crippen LogP contribution in [0.25, 0.3) is 0 Å². The van der Waals surface area contributed by atoms with Crippen molar-refractivity contribution < 1.29 is 8.42 Å². The highest BCUT2D eigenvalue weighted by atomic mass is 32.2. The van der Waals surface area contributed by atoms with Crippen LogP contribution in [-0.2, 0) is 9.84 Å². The number of sulfone groups is 1. The molecule has 5 nitrogen and oxygen atoms in total. The van der Waals surface area contributed by atoms with E-state index in [1.54, 1.807) is 18.3 Å². The zero-order valence-electron chi connectivity index (χ0n) is 10.9. The topological polar surface area (TPSA) is 85.1 Å². The summed E-state index contributed by atoms with van der Waals surface area (Å²) in [5.74, 6) is 0.395. The Kier molecular flexibility index (Phi) is 5.55. The smallest absolute Gasteiger partial charge is 0.179 e. The highest BCUT2D eigenvalue weighted by molar-refractivity contribution is 7.90. The Labute approximate surface area is 109 Å². The fourth-order valence-electron chi connectivity index (χ4n) is 1.69. The molecule has 0 amide bonds. The zero-order chi connectivity index (χ0) is 13.6. The molecule has 0 bridgehead atoms. The van der Waals surface area contributed by atoms with Crippen molar-refractivity contribution in [2.24, 2.45) is 5.73 Å². The number of rotatable bonds is 7. The molecule has 0 aliphatic carbocycles. The average Bonchev–Trinajstić information content (AvgIpc) is 2.33. The molecule has 102 valence electrons. The third-order valence-corrected chi connectivity index (χ3v) is 3.83. The van der Waals surface area contributed by atoms with Crippen LogP contribution in [0, 0.1) is 0 Å². The van der Waals surface area contributed by atoms with Crippen LogP contribution in [0.3, 0.4) is 0 Å². The molecule has 1 unspecified atom stereocenters. The Morgan fingerprint density at radius 3 is 2.78 bits per heavy atom. The lowest BCUT2D eigenvalue weighted by atomic mass is 10.1. The van der Waals surface area contributed by atoms with Gasteiger partial charge < -0.3 is 11.1 Å². The normalized spacial score (nSPS) is 13.3.